The number of amides is 1. The van der Waals surface area contributed by atoms with Crippen molar-refractivity contribution in [3.05, 3.63) is 48.5 Å². The number of aromatic nitrogens is 2. The topological polar surface area (TPSA) is 56.2 Å². The van der Waals surface area contributed by atoms with Gasteiger partial charge >= 0.3 is 0 Å². The third kappa shape index (κ3) is 4.45. The normalized spacial score (nSPS) is 11.1. The van der Waals surface area contributed by atoms with Gasteiger partial charge in [-0.15, -0.1) is 0 Å². The van der Waals surface area contributed by atoms with Crippen LogP contribution in [0.2, 0.25) is 0 Å². The van der Waals surface area contributed by atoms with Gasteiger partial charge in [-0.1, -0.05) is 37.7 Å². The average molecular weight is 384 g/mol. The van der Waals surface area contributed by atoms with E-state index in [1.165, 1.54) is 11.8 Å². The molecule has 0 saturated carbocycles. The molecule has 0 bridgehead atoms. The Bertz CT molecular complexity index is 901. The highest BCUT2D eigenvalue weighted by atomic mass is 32.2. The van der Waals surface area contributed by atoms with Crippen LogP contribution < -0.4 is 10.1 Å². The molecule has 1 N–H and O–H groups in total. The molecule has 5 nitrogen and oxygen atoms in total. The quantitative estimate of drug-likeness (QED) is 0.585. The van der Waals surface area contributed by atoms with Crippen molar-refractivity contribution in [3.8, 4) is 11.4 Å². The number of fused-ring (bicyclic) bond motifs is 1. The Morgan fingerprint density at radius 2 is 1.85 bits per heavy atom. The lowest BCUT2D eigenvalue weighted by atomic mass is 10.2. The predicted octanol–water partition coefficient (Wildman–Crippen LogP) is 4.43. The zero-order valence-corrected chi connectivity index (χ0v) is 16.8. The minimum Gasteiger partial charge on any atom is -0.497 e. The van der Waals surface area contributed by atoms with Gasteiger partial charge in [0.05, 0.1) is 23.9 Å². The maximum atomic E-state index is 12.3. The standard InChI is InChI=1S/C21H25N3O2S/c1-4-15(5-2)22-20(25)14-27-21-23-18-8-6-7-9-19(18)24(21)16-10-12-17(26-3)13-11-16/h6-13,15H,4-5,14H2,1-3H3,(H,22,25). The van der Waals surface area contributed by atoms with E-state index in [-0.39, 0.29) is 11.9 Å². The summed E-state index contributed by atoms with van der Waals surface area (Å²) in [4.78, 5) is 17.0. The summed E-state index contributed by atoms with van der Waals surface area (Å²) in [5, 5.41) is 3.89. The first kappa shape index (κ1) is 19.3. The first-order valence-corrected chi connectivity index (χ1v) is 10.2. The molecule has 0 aliphatic heterocycles. The molecule has 0 atom stereocenters. The average Bonchev–Trinajstić information content (AvgIpc) is 3.09. The molecule has 142 valence electrons. The second-order valence-electron chi connectivity index (χ2n) is 6.29. The van der Waals surface area contributed by atoms with E-state index in [1.807, 2.05) is 48.5 Å². The van der Waals surface area contributed by atoms with Crippen LogP contribution in [-0.2, 0) is 4.79 Å². The van der Waals surface area contributed by atoms with Gasteiger partial charge in [-0.25, -0.2) is 4.98 Å². The number of hydrogen-bond donors (Lipinski definition) is 1. The third-order valence-corrected chi connectivity index (χ3v) is 5.48. The van der Waals surface area contributed by atoms with Gasteiger partial charge in [-0.3, -0.25) is 9.36 Å². The molecule has 0 spiro atoms. The Hall–Kier alpha value is -2.47. The van der Waals surface area contributed by atoms with Gasteiger partial charge in [0, 0.05) is 11.7 Å². The van der Waals surface area contributed by atoms with Crippen LogP contribution in [0.5, 0.6) is 5.75 Å². The Kier molecular flexibility index (Phi) is 6.40. The third-order valence-electron chi connectivity index (χ3n) is 4.54. The molecule has 0 unspecified atom stereocenters. The largest absolute Gasteiger partial charge is 0.497 e. The molecule has 3 aromatic rings. The van der Waals surface area contributed by atoms with Crippen molar-refractivity contribution in [1.29, 1.82) is 0 Å². The van der Waals surface area contributed by atoms with Crippen molar-refractivity contribution in [2.24, 2.45) is 0 Å². The van der Waals surface area contributed by atoms with Crippen molar-refractivity contribution in [3.63, 3.8) is 0 Å². The fourth-order valence-corrected chi connectivity index (χ4v) is 3.81. The van der Waals surface area contributed by atoms with Crippen molar-refractivity contribution in [2.45, 2.75) is 37.9 Å². The van der Waals surface area contributed by atoms with Crippen molar-refractivity contribution in [1.82, 2.24) is 14.9 Å². The lowest BCUT2D eigenvalue weighted by molar-refractivity contribution is -0.119. The Labute approximate surface area is 164 Å². The van der Waals surface area contributed by atoms with Gasteiger partial charge in [0.2, 0.25) is 5.91 Å². The summed E-state index contributed by atoms with van der Waals surface area (Å²) in [5.41, 5.74) is 2.93. The number of ether oxygens (including phenoxy) is 1. The molecule has 0 saturated heterocycles. The highest BCUT2D eigenvalue weighted by molar-refractivity contribution is 7.99. The molecule has 2 aromatic carbocycles. The van der Waals surface area contributed by atoms with Crippen LogP contribution >= 0.6 is 11.8 Å². The van der Waals surface area contributed by atoms with Gasteiger partial charge in [0.15, 0.2) is 5.16 Å². The summed E-state index contributed by atoms with van der Waals surface area (Å²) in [7, 11) is 1.65. The molecule has 27 heavy (non-hydrogen) atoms. The molecule has 1 amide bonds. The number of methoxy groups -OCH3 is 1. The molecule has 0 radical (unpaired) electrons. The lowest BCUT2D eigenvalue weighted by Crippen LogP contribution is -2.35. The molecular weight excluding hydrogens is 358 g/mol. The summed E-state index contributed by atoms with van der Waals surface area (Å²) in [5.74, 6) is 1.19. The van der Waals surface area contributed by atoms with Crippen LogP contribution in [-0.4, -0.2) is 34.4 Å². The van der Waals surface area contributed by atoms with E-state index in [0.29, 0.717) is 5.75 Å². The first-order chi connectivity index (χ1) is 13.2. The fraction of sp³-hybridized carbons (Fsp3) is 0.333. The number of thioether (sulfide) groups is 1. The van der Waals surface area contributed by atoms with E-state index in [9.17, 15) is 4.79 Å². The summed E-state index contributed by atoms with van der Waals surface area (Å²) in [6.45, 7) is 4.18. The van der Waals surface area contributed by atoms with Crippen LogP contribution in [0.3, 0.4) is 0 Å². The van der Waals surface area contributed by atoms with Crippen LogP contribution in [0.25, 0.3) is 16.7 Å². The van der Waals surface area contributed by atoms with Gasteiger partial charge in [0.25, 0.3) is 0 Å². The SMILES string of the molecule is CCC(CC)NC(=O)CSc1nc2ccccc2n1-c1ccc(OC)cc1. The minimum atomic E-state index is 0.0436. The van der Waals surface area contributed by atoms with E-state index < -0.39 is 0 Å². The van der Waals surface area contributed by atoms with E-state index in [1.54, 1.807) is 7.11 Å². The number of hydrogen-bond acceptors (Lipinski definition) is 4. The molecule has 1 aromatic heterocycles. The van der Waals surface area contributed by atoms with Crippen molar-refractivity contribution >= 4 is 28.7 Å². The van der Waals surface area contributed by atoms with E-state index >= 15 is 0 Å². The molecule has 3 rings (SSSR count). The molecule has 0 aliphatic carbocycles. The van der Waals surface area contributed by atoms with Gasteiger partial charge < -0.3 is 10.1 Å². The van der Waals surface area contributed by atoms with Crippen LogP contribution in [0, 0.1) is 0 Å². The molecule has 0 aliphatic rings. The minimum absolute atomic E-state index is 0.0436. The predicted molar refractivity (Wildman–Crippen MR) is 111 cm³/mol. The van der Waals surface area contributed by atoms with Crippen LogP contribution in [0.1, 0.15) is 26.7 Å². The highest BCUT2D eigenvalue weighted by Crippen LogP contribution is 2.28. The summed E-state index contributed by atoms with van der Waals surface area (Å²) in [6, 6.07) is 16.1. The van der Waals surface area contributed by atoms with Gasteiger partial charge in [0.1, 0.15) is 5.75 Å². The van der Waals surface area contributed by atoms with Crippen LogP contribution in [0.4, 0.5) is 0 Å². The number of carbonyl (C=O) groups is 1. The van der Waals surface area contributed by atoms with E-state index in [4.69, 9.17) is 9.72 Å². The number of carbonyl (C=O) groups excluding carboxylic acids is 1. The summed E-state index contributed by atoms with van der Waals surface area (Å²) >= 11 is 1.46. The maximum Gasteiger partial charge on any atom is 0.230 e. The zero-order chi connectivity index (χ0) is 19.2. The maximum absolute atomic E-state index is 12.3. The van der Waals surface area contributed by atoms with Crippen molar-refractivity contribution < 1.29 is 9.53 Å². The Morgan fingerprint density at radius 1 is 1.15 bits per heavy atom. The van der Waals surface area contributed by atoms with Crippen LogP contribution in [0.15, 0.2) is 53.7 Å². The smallest absolute Gasteiger partial charge is 0.230 e. The van der Waals surface area contributed by atoms with E-state index in [2.05, 4.69) is 23.7 Å². The molecule has 0 fully saturated rings. The molecular formula is C21H25N3O2S. The number of imidazole rings is 1. The van der Waals surface area contributed by atoms with Gasteiger partial charge in [-0.05, 0) is 49.2 Å². The summed E-state index contributed by atoms with van der Waals surface area (Å²) in [6.07, 6.45) is 1.88. The number of nitrogens with zero attached hydrogens (tertiary/aromatic N) is 2. The molecule has 6 heteroatoms. The monoisotopic (exact) mass is 383 g/mol. The van der Waals surface area contributed by atoms with Crippen molar-refractivity contribution in [2.75, 3.05) is 12.9 Å². The highest BCUT2D eigenvalue weighted by Gasteiger charge is 2.15. The second kappa shape index (κ2) is 8.95. The summed E-state index contributed by atoms with van der Waals surface area (Å²) < 4.78 is 7.35. The number of para-hydroxylation sites is 2. The number of nitrogens with one attached hydrogen (secondary N) is 1. The second-order valence-corrected chi connectivity index (χ2v) is 7.23. The lowest BCUT2D eigenvalue weighted by Gasteiger charge is -2.14. The Balaban J connectivity index is 1.87. The fourth-order valence-electron chi connectivity index (χ4n) is 2.97. The number of benzene rings is 2. The zero-order valence-electron chi connectivity index (χ0n) is 15.9. The molecule has 1 heterocycles. The number of rotatable bonds is 8. The van der Waals surface area contributed by atoms with E-state index in [0.717, 1.165) is 40.5 Å². The Morgan fingerprint density at radius 3 is 2.52 bits per heavy atom. The first-order valence-electron chi connectivity index (χ1n) is 9.20. The van der Waals surface area contributed by atoms with Gasteiger partial charge in [-0.2, -0.15) is 0 Å².